The van der Waals surface area contributed by atoms with Gasteiger partial charge in [-0.1, -0.05) is 67.9 Å². The second-order valence-corrected chi connectivity index (χ2v) is 10.4. The van der Waals surface area contributed by atoms with Crippen LogP contribution < -0.4 is 9.62 Å². The topological polar surface area (TPSA) is 66.5 Å². The van der Waals surface area contributed by atoms with Gasteiger partial charge in [0.15, 0.2) is 4.91 Å². The highest BCUT2D eigenvalue weighted by molar-refractivity contribution is 7.97. The number of nitrogens with zero attached hydrogens (tertiary/aromatic N) is 1. The summed E-state index contributed by atoms with van der Waals surface area (Å²) in [6.45, 7) is 6.09. The van der Waals surface area contributed by atoms with Crippen molar-refractivity contribution in [3.8, 4) is 0 Å². The number of fused-ring (bicyclic) bond motifs is 1. The highest BCUT2D eigenvalue weighted by Gasteiger charge is 2.40. The minimum absolute atomic E-state index is 0.179. The van der Waals surface area contributed by atoms with Crippen molar-refractivity contribution < 1.29 is 13.2 Å². The van der Waals surface area contributed by atoms with E-state index in [2.05, 4.69) is 19.2 Å². The first-order chi connectivity index (χ1) is 15.7. The summed E-state index contributed by atoms with van der Waals surface area (Å²) >= 11 is 6.30. The molecular weight excluding hydrogens is 456 g/mol. The minimum Gasteiger partial charge on any atom is -0.321 e. The van der Waals surface area contributed by atoms with Gasteiger partial charge in [0.2, 0.25) is 0 Å². The van der Waals surface area contributed by atoms with E-state index >= 15 is 0 Å². The fourth-order valence-corrected chi connectivity index (χ4v) is 5.94. The summed E-state index contributed by atoms with van der Waals surface area (Å²) in [6.07, 6.45) is 0. The molecule has 1 N–H and O–H groups in total. The first kappa shape index (κ1) is 23.1. The molecule has 0 atom stereocenters. The van der Waals surface area contributed by atoms with E-state index in [-0.39, 0.29) is 11.4 Å². The largest absolute Gasteiger partial charge is 0.321 e. The van der Waals surface area contributed by atoms with Gasteiger partial charge in [-0.25, -0.2) is 8.42 Å². The molecule has 0 bridgehead atoms. The van der Waals surface area contributed by atoms with Gasteiger partial charge in [0.05, 0.1) is 5.69 Å². The van der Waals surface area contributed by atoms with Gasteiger partial charge < -0.3 is 5.32 Å². The summed E-state index contributed by atoms with van der Waals surface area (Å²) in [7, 11) is -4.12. The monoisotopic (exact) mass is 480 g/mol. The second kappa shape index (κ2) is 9.04. The Bertz CT molecular complexity index is 1330. The van der Waals surface area contributed by atoms with Crippen molar-refractivity contribution in [2.45, 2.75) is 26.7 Å². The Balaban J connectivity index is 1.92. The molecule has 4 rings (SSSR count). The number of halogens is 1. The number of carbonyl (C=O) groups is 1. The van der Waals surface area contributed by atoms with E-state index in [0.717, 1.165) is 5.56 Å². The van der Waals surface area contributed by atoms with Crippen molar-refractivity contribution in [2.24, 2.45) is 0 Å². The zero-order valence-electron chi connectivity index (χ0n) is 18.7. The number of anilines is 2. The summed E-state index contributed by atoms with van der Waals surface area (Å²) < 4.78 is 28.7. The van der Waals surface area contributed by atoms with Crippen molar-refractivity contribution in [2.75, 3.05) is 16.2 Å². The van der Waals surface area contributed by atoms with E-state index < -0.39 is 15.9 Å². The van der Waals surface area contributed by atoms with Crippen LogP contribution in [0.3, 0.4) is 0 Å². The zero-order chi connectivity index (χ0) is 23.8. The Labute approximate surface area is 199 Å². The van der Waals surface area contributed by atoms with Crippen LogP contribution in [0.4, 0.5) is 11.4 Å². The maximum Gasteiger partial charge on any atom is 0.270 e. The number of rotatable bonds is 5. The molecule has 0 radical (unpaired) electrons. The molecule has 1 aliphatic rings. The van der Waals surface area contributed by atoms with Gasteiger partial charge in [0.1, 0.15) is 0 Å². The van der Waals surface area contributed by atoms with Crippen LogP contribution in [0.2, 0.25) is 5.02 Å². The first-order valence-corrected chi connectivity index (χ1v) is 12.6. The van der Waals surface area contributed by atoms with E-state index in [1.54, 1.807) is 49.4 Å². The number of hydrogen-bond acceptors (Lipinski definition) is 3. The molecule has 7 heteroatoms. The molecular formula is C26H25ClN2O3S. The maximum atomic E-state index is 13.7. The molecule has 0 saturated carbocycles. The number of benzene rings is 3. The predicted molar refractivity (Wildman–Crippen MR) is 135 cm³/mol. The highest BCUT2D eigenvalue weighted by Crippen LogP contribution is 2.44. The predicted octanol–water partition coefficient (Wildman–Crippen LogP) is 6.03. The quantitative estimate of drug-likeness (QED) is 0.484. The van der Waals surface area contributed by atoms with Crippen molar-refractivity contribution >= 4 is 44.5 Å². The lowest BCUT2D eigenvalue weighted by atomic mass is 9.95. The van der Waals surface area contributed by atoms with Crippen molar-refractivity contribution in [1.82, 2.24) is 0 Å². The molecule has 3 aromatic carbocycles. The molecule has 0 saturated heterocycles. The van der Waals surface area contributed by atoms with E-state index in [1.807, 2.05) is 30.3 Å². The lowest BCUT2D eigenvalue weighted by Crippen LogP contribution is -2.39. The summed E-state index contributed by atoms with van der Waals surface area (Å²) in [6, 6.07) is 21.5. The average Bonchev–Trinajstić information content (AvgIpc) is 2.79. The Morgan fingerprint density at radius 3 is 2.27 bits per heavy atom. The van der Waals surface area contributed by atoms with Crippen molar-refractivity contribution in [3.63, 3.8) is 0 Å². The van der Waals surface area contributed by atoms with Gasteiger partial charge in [-0.05, 0) is 54.3 Å². The number of hydrogen-bond donors (Lipinski definition) is 1. The van der Waals surface area contributed by atoms with Gasteiger partial charge in [0, 0.05) is 28.4 Å². The fourth-order valence-electron chi connectivity index (χ4n) is 4.02. The number of amides is 1. The van der Waals surface area contributed by atoms with Crippen molar-refractivity contribution in [1.29, 1.82) is 0 Å². The normalized spacial score (nSPS) is 14.9. The number of carbonyl (C=O) groups excluding carboxylic acids is 1. The Hall–Kier alpha value is -3.09. The van der Waals surface area contributed by atoms with Gasteiger partial charge >= 0.3 is 0 Å². The van der Waals surface area contributed by atoms with Crippen LogP contribution in [0.15, 0.2) is 77.7 Å². The molecule has 0 aliphatic carbocycles. The van der Waals surface area contributed by atoms with Crippen LogP contribution in [-0.2, 0) is 14.8 Å². The van der Waals surface area contributed by atoms with E-state index in [9.17, 15) is 13.2 Å². The number of sulfonamides is 1. The molecule has 33 heavy (non-hydrogen) atoms. The van der Waals surface area contributed by atoms with Gasteiger partial charge in [0.25, 0.3) is 15.9 Å². The summed E-state index contributed by atoms with van der Waals surface area (Å²) in [5, 5.41) is 3.25. The van der Waals surface area contributed by atoms with Gasteiger partial charge in [-0.3, -0.25) is 9.10 Å². The SMILES string of the molecule is CCN1c2ccc(Cl)cc2C(c2ccccc2)=C(C(=O)Nc2ccc(C(C)C)cc2)S1(=O)=O. The Morgan fingerprint density at radius 2 is 1.67 bits per heavy atom. The average molecular weight is 481 g/mol. The summed E-state index contributed by atoms with van der Waals surface area (Å²) in [5.41, 5.74) is 3.72. The molecule has 170 valence electrons. The van der Waals surface area contributed by atoms with Gasteiger partial charge in [-0.2, -0.15) is 0 Å². The van der Waals surface area contributed by atoms with Crippen LogP contribution in [-0.4, -0.2) is 20.9 Å². The standard InChI is InChI=1S/C26H25ClN2O3S/c1-4-29-23-15-12-20(27)16-22(23)24(19-8-6-5-7-9-19)25(33(29,31)32)26(30)28-21-13-10-18(11-14-21)17(2)3/h5-17H,4H2,1-3H3,(H,28,30). The third kappa shape index (κ3) is 4.28. The Morgan fingerprint density at radius 1 is 1.00 bits per heavy atom. The molecule has 1 aliphatic heterocycles. The second-order valence-electron chi connectivity index (χ2n) is 8.13. The van der Waals surface area contributed by atoms with E-state index in [4.69, 9.17) is 11.6 Å². The van der Waals surface area contributed by atoms with Crippen LogP contribution >= 0.6 is 11.6 Å². The molecule has 5 nitrogen and oxygen atoms in total. The van der Waals surface area contributed by atoms with E-state index in [0.29, 0.717) is 39.0 Å². The lowest BCUT2D eigenvalue weighted by Gasteiger charge is -2.33. The molecule has 3 aromatic rings. The molecule has 0 unspecified atom stereocenters. The third-order valence-electron chi connectivity index (χ3n) is 5.66. The van der Waals surface area contributed by atoms with Crippen LogP contribution in [0, 0.1) is 0 Å². The maximum absolute atomic E-state index is 13.7. The van der Waals surface area contributed by atoms with E-state index in [1.165, 1.54) is 4.31 Å². The number of nitrogens with one attached hydrogen (secondary N) is 1. The first-order valence-electron chi connectivity index (χ1n) is 10.8. The summed E-state index contributed by atoms with van der Waals surface area (Å²) in [5.74, 6) is -0.338. The van der Waals surface area contributed by atoms with Crippen LogP contribution in [0.1, 0.15) is 43.4 Å². The molecule has 0 aromatic heterocycles. The van der Waals surface area contributed by atoms with Crippen LogP contribution in [0.5, 0.6) is 0 Å². The highest BCUT2D eigenvalue weighted by atomic mass is 35.5. The molecule has 1 amide bonds. The van der Waals surface area contributed by atoms with Gasteiger partial charge in [-0.15, -0.1) is 0 Å². The molecule has 1 heterocycles. The fraction of sp³-hybridized carbons (Fsp3) is 0.192. The Kier molecular flexibility index (Phi) is 6.32. The minimum atomic E-state index is -4.12. The molecule has 0 fully saturated rings. The summed E-state index contributed by atoms with van der Waals surface area (Å²) in [4.78, 5) is 13.2. The van der Waals surface area contributed by atoms with Crippen LogP contribution in [0.25, 0.3) is 5.57 Å². The van der Waals surface area contributed by atoms with Crippen molar-refractivity contribution in [3.05, 3.63) is 99.4 Å². The smallest absolute Gasteiger partial charge is 0.270 e. The lowest BCUT2D eigenvalue weighted by molar-refractivity contribution is -0.112. The zero-order valence-corrected chi connectivity index (χ0v) is 20.2. The third-order valence-corrected chi connectivity index (χ3v) is 7.84. The molecule has 0 spiro atoms.